The van der Waals surface area contributed by atoms with Gasteiger partial charge >= 0.3 is 0 Å². The van der Waals surface area contributed by atoms with Gasteiger partial charge in [-0.05, 0) is 30.2 Å². The summed E-state index contributed by atoms with van der Waals surface area (Å²) in [4.78, 5) is 14.3. The van der Waals surface area contributed by atoms with Crippen molar-refractivity contribution in [1.29, 1.82) is 0 Å². The second-order valence-electron chi connectivity index (χ2n) is 6.05. The number of benzene rings is 2. The Morgan fingerprint density at radius 2 is 1.77 bits per heavy atom. The van der Waals surface area contributed by atoms with Crippen LogP contribution in [0.2, 0.25) is 0 Å². The monoisotopic (exact) mass is 347 g/mol. The first-order chi connectivity index (χ1) is 12.6. The number of amides is 1. The van der Waals surface area contributed by atoms with E-state index in [-0.39, 0.29) is 11.9 Å². The number of carbonyl (C=O) groups is 1. The predicted octanol–water partition coefficient (Wildman–Crippen LogP) is 3.99. The fourth-order valence-electron chi connectivity index (χ4n) is 2.84. The van der Waals surface area contributed by atoms with Crippen LogP contribution >= 0.6 is 0 Å². The van der Waals surface area contributed by atoms with Crippen LogP contribution in [0.25, 0.3) is 11.1 Å². The molecule has 1 heterocycles. The van der Waals surface area contributed by atoms with Crippen molar-refractivity contribution < 1.29 is 9.53 Å². The average Bonchev–Trinajstić information content (AvgIpc) is 2.73. The third-order valence-electron chi connectivity index (χ3n) is 4.54. The molecule has 0 saturated heterocycles. The van der Waals surface area contributed by atoms with Gasteiger partial charge in [-0.3, -0.25) is 4.79 Å². The molecule has 26 heavy (non-hydrogen) atoms. The Morgan fingerprint density at radius 3 is 2.42 bits per heavy atom. The smallest absolute Gasteiger partial charge is 0.255 e. The van der Waals surface area contributed by atoms with Gasteiger partial charge in [0.05, 0.1) is 31.1 Å². The molecule has 0 aliphatic heterocycles. The van der Waals surface area contributed by atoms with Gasteiger partial charge in [-0.15, -0.1) is 0 Å². The number of nitrogens with zero attached hydrogens (tertiary/aromatic N) is 3. The highest BCUT2D eigenvalue weighted by Crippen LogP contribution is 2.31. The molecule has 5 heteroatoms. The van der Waals surface area contributed by atoms with Gasteiger partial charge in [0.1, 0.15) is 5.75 Å². The van der Waals surface area contributed by atoms with Gasteiger partial charge < -0.3 is 9.64 Å². The number of rotatable bonds is 5. The van der Waals surface area contributed by atoms with Crippen LogP contribution in [0.5, 0.6) is 5.75 Å². The molecule has 0 aliphatic rings. The summed E-state index contributed by atoms with van der Waals surface area (Å²) < 4.78 is 5.43. The first-order valence-corrected chi connectivity index (χ1v) is 8.39. The summed E-state index contributed by atoms with van der Waals surface area (Å²) in [5, 5.41) is 7.48. The summed E-state index contributed by atoms with van der Waals surface area (Å²) in [7, 11) is 3.46. The molecule has 132 valence electrons. The Balaban J connectivity index is 1.80. The third-order valence-corrected chi connectivity index (χ3v) is 4.54. The Kier molecular flexibility index (Phi) is 5.27. The lowest BCUT2D eigenvalue weighted by molar-refractivity contribution is 0.0742. The van der Waals surface area contributed by atoms with E-state index in [2.05, 4.69) is 22.3 Å². The van der Waals surface area contributed by atoms with E-state index in [1.807, 2.05) is 43.3 Å². The van der Waals surface area contributed by atoms with Crippen LogP contribution in [0.1, 0.15) is 28.9 Å². The lowest BCUT2D eigenvalue weighted by atomic mass is 10.00. The third kappa shape index (κ3) is 3.57. The number of para-hydroxylation sites is 1. The number of hydrogen-bond donors (Lipinski definition) is 0. The quantitative estimate of drug-likeness (QED) is 0.700. The molecule has 2 aromatic carbocycles. The molecule has 0 radical (unpaired) electrons. The van der Waals surface area contributed by atoms with Crippen LogP contribution in [0, 0.1) is 0 Å². The fourth-order valence-corrected chi connectivity index (χ4v) is 2.84. The molecule has 0 N–H and O–H groups in total. The van der Waals surface area contributed by atoms with E-state index in [1.54, 1.807) is 25.1 Å². The van der Waals surface area contributed by atoms with Crippen molar-refractivity contribution in [2.75, 3.05) is 14.2 Å². The number of ether oxygens (including phenoxy) is 1. The summed E-state index contributed by atoms with van der Waals surface area (Å²) in [5.74, 6) is 0.756. The molecule has 0 bridgehead atoms. The molecule has 1 amide bonds. The van der Waals surface area contributed by atoms with Gasteiger partial charge in [-0.2, -0.15) is 10.2 Å². The van der Waals surface area contributed by atoms with Gasteiger partial charge in [0.25, 0.3) is 5.91 Å². The molecular weight excluding hydrogens is 326 g/mol. The molecule has 1 aromatic heterocycles. The number of hydrogen-bond acceptors (Lipinski definition) is 4. The molecule has 0 aliphatic carbocycles. The van der Waals surface area contributed by atoms with Gasteiger partial charge in [0, 0.05) is 12.6 Å². The Hall–Kier alpha value is -3.21. The summed E-state index contributed by atoms with van der Waals surface area (Å²) in [5.41, 5.74) is 3.70. The molecule has 0 saturated carbocycles. The van der Waals surface area contributed by atoms with Crippen molar-refractivity contribution >= 4 is 5.91 Å². The molecular formula is C21H21N3O2. The number of carbonyl (C=O) groups excluding carboxylic acids is 1. The predicted molar refractivity (Wildman–Crippen MR) is 101 cm³/mol. The van der Waals surface area contributed by atoms with Crippen molar-refractivity contribution in [3.8, 4) is 16.9 Å². The van der Waals surface area contributed by atoms with E-state index in [4.69, 9.17) is 4.74 Å². The normalized spacial score (nSPS) is 11.7. The lowest BCUT2D eigenvalue weighted by Gasteiger charge is -2.25. The van der Waals surface area contributed by atoms with E-state index in [0.717, 1.165) is 22.4 Å². The molecule has 3 aromatic rings. The van der Waals surface area contributed by atoms with E-state index < -0.39 is 0 Å². The van der Waals surface area contributed by atoms with Crippen LogP contribution in [0.4, 0.5) is 0 Å². The minimum Gasteiger partial charge on any atom is -0.496 e. The first kappa shape index (κ1) is 17.6. The van der Waals surface area contributed by atoms with E-state index in [0.29, 0.717) is 5.56 Å². The molecule has 1 unspecified atom stereocenters. The highest BCUT2D eigenvalue weighted by molar-refractivity contribution is 5.93. The minimum atomic E-state index is -0.0822. The van der Waals surface area contributed by atoms with E-state index in [1.165, 1.54) is 12.4 Å². The zero-order valence-corrected chi connectivity index (χ0v) is 15.1. The molecule has 3 rings (SSSR count). The van der Waals surface area contributed by atoms with E-state index in [9.17, 15) is 4.79 Å². The van der Waals surface area contributed by atoms with Gasteiger partial charge in [0.2, 0.25) is 0 Å². The maximum Gasteiger partial charge on any atom is 0.255 e. The largest absolute Gasteiger partial charge is 0.496 e. The maximum atomic E-state index is 12.6. The summed E-state index contributed by atoms with van der Waals surface area (Å²) in [6.45, 7) is 2.00. The van der Waals surface area contributed by atoms with Crippen molar-refractivity contribution in [2.45, 2.75) is 13.0 Å². The summed E-state index contributed by atoms with van der Waals surface area (Å²) >= 11 is 0. The van der Waals surface area contributed by atoms with Gasteiger partial charge in [-0.25, -0.2) is 0 Å². The Morgan fingerprint density at radius 1 is 1.04 bits per heavy atom. The van der Waals surface area contributed by atoms with Crippen molar-refractivity contribution in [1.82, 2.24) is 15.1 Å². The summed E-state index contributed by atoms with van der Waals surface area (Å²) in [6, 6.07) is 17.7. The molecule has 0 fully saturated rings. The molecule has 5 nitrogen and oxygen atoms in total. The van der Waals surface area contributed by atoms with Gasteiger partial charge in [0.15, 0.2) is 0 Å². The maximum absolute atomic E-state index is 12.6. The van der Waals surface area contributed by atoms with Crippen LogP contribution in [-0.2, 0) is 0 Å². The average molecular weight is 347 g/mol. The Labute approximate surface area is 153 Å². The zero-order chi connectivity index (χ0) is 18.5. The zero-order valence-electron chi connectivity index (χ0n) is 15.1. The lowest BCUT2D eigenvalue weighted by Crippen LogP contribution is -2.29. The highest BCUT2D eigenvalue weighted by Gasteiger charge is 2.19. The van der Waals surface area contributed by atoms with Crippen LogP contribution in [-0.4, -0.2) is 35.2 Å². The second kappa shape index (κ2) is 7.78. The first-order valence-electron chi connectivity index (χ1n) is 8.39. The van der Waals surface area contributed by atoms with Crippen molar-refractivity contribution in [3.63, 3.8) is 0 Å². The summed E-state index contributed by atoms with van der Waals surface area (Å²) in [6.07, 6.45) is 3.00. The van der Waals surface area contributed by atoms with Crippen molar-refractivity contribution in [3.05, 3.63) is 78.1 Å². The highest BCUT2D eigenvalue weighted by atomic mass is 16.5. The number of aromatic nitrogens is 2. The molecule has 1 atom stereocenters. The topological polar surface area (TPSA) is 55.3 Å². The standard InChI is InChI=1S/C21H21N3O2/c1-15(24(2)21(25)18-12-13-22-23-14-18)16-8-10-17(11-9-16)19-6-4-5-7-20(19)26-3/h4-15H,1-3H3. The minimum absolute atomic E-state index is 0.0672. The van der Waals surface area contributed by atoms with Crippen molar-refractivity contribution in [2.24, 2.45) is 0 Å². The number of methoxy groups -OCH3 is 1. The second-order valence-corrected chi connectivity index (χ2v) is 6.05. The SMILES string of the molecule is COc1ccccc1-c1ccc(C(C)N(C)C(=O)c2ccnnc2)cc1. The van der Waals surface area contributed by atoms with Crippen LogP contribution in [0.3, 0.4) is 0 Å². The van der Waals surface area contributed by atoms with Gasteiger partial charge in [-0.1, -0.05) is 42.5 Å². The van der Waals surface area contributed by atoms with Crippen LogP contribution in [0.15, 0.2) is 67.0 Å². The molecule has 0 spiro atoms. The van der Waals surface area contributed by atoms with Crippen LogP contribution < -0.4 is 4.74 Å². The van der Waals surface area contributed by atoms with E-state index >= 15 is 0 Å². The Bertz CT molecular complexity index is 879. The fraction of sp³-hybridized carbons (Fsp3) is 0.190.